The number of ether oxygens (including phenoxy) is 1. The van der Waals surface area contributed by atoms with E-state index in [0.717, 1.165) is 10.5 Å². The van der Waals surface area contributed by atoms with Crippen molar-refractivity contribution in [2.75, 3.05) is 21.2 Å². The summed E-state index contributed by atoms with van der Waals surface area (Å²) in [5.74, 6) is -0.645. The second kappa shape index (κ2) is 7.58. The molecule has 0 bridgehead atoms. The van der Waals surface area contributed by atoms with Crippen molar-refractivity contribution < 1.29 is 23.6 Å². The van der Waals surface area contributed by atoms with E-state index in [0.29, 0.717) is 6.54 Å². The topological polar surface area (TPSA) is 71.9 Å². The molecule has 6 nitrogen and oxygen atoms in total. The Morgan fingerprint density at radius 1 is 1.43 bits per heavy atom. The van der Waals surface area contributed by atoms with Crippen molar-refractivity contribution in [3.05, 3.63) is 29.6 Å². The van der Waals surface area contributed by atoms with E-state index in [1.807, 2.05) is 0 Å². The fourth-order valence-corrected chi connectivity index (χ4v) is 1.80. The molecule has 0 aromatic heterocycles. The van der Waals surface area contributed by atoms with Gasteiger partial charge in [-0.25, -0.2) is 9.18 Å². The van der Waals surface area contributed by atoms with Gasteiger partial charge in [0, 0.05) is 12.6 Å². The van der Waals surface area contributed by atoms with E-state index in [1.54, 1.807) is 26.1 Å². The van der Waals surface area contributed by atoms with E-state index >= 15 is 0 Å². The lowest BCUT2D eigenvalue weighted by Gasteiger charge is -2.20. The Morgan fingerprint density at radius 2 is 2.10 bits per heavy atom. The zero-order chi connectivity index (χ0) is 16.0. The lowest BCUT2D eigenvalue weighted by molar-refractivity contribution is -0.908. The second-order valence-electron chi connectivity index (χ2n) is 4.78. The molecule has 7 heteroatoms. The van der Waals surface area contributed by atoms with Gasteiger partial charge in [-0.15, -0.1) is 0 Å². The molecule has 2 atom stereocenters. The normalized spacial score (nSPS) is 13.2. The molecule has 3 amide bonds. The highest BCUT2D eigenvalue weighted by Gasteiger charge is 2.23. The molecular weight excluding hydrogens is 277 g/mol. The van der Waals surface area contributed by atoms with Crippen LogP contribution in [0, 0.1) is 5.82 Å². The Balaban J connectivity index is 2.67. The molecular formula is C14H21FN3O3+. The van der Waals surface area contributed by atoms with Gasteiger partial charge in [0.1, 0.15) is 6.54 Å². The van der Waals surface area contributed by atoms with Crippen LogP contribution in [-0.2, 0) is 11.3 Å². The van der Waals surface area contributed by atoms with E-state index in [4.69, 9.17) is 4.74 Å². The predicted octanol–water partition coefficient (Wildman–Crippen LogP) is -0.307. The highest BCUT2D eigenvalue weighted by molar-refractivity contribution is 5.96. The van der Waals surface area contributed by atoms with Gasteiger partial charge in [0.15, 0.2) is 17.6 Å². The molecule has 3 N–H and O–H groups in total. The highest BCUT2D eigenvalue weighted by Crippen LogP contribution is 2.17. The van der Waals surface area contributed by atoms with E-state index in [-0.39, 0.29) is 11.7 Å². The SMILES string of the molecule is CNC(=O)NC(=O)[C@@H](C)[NH+](C)Cc1ccc(OC)c(F)c1. The number of hydrogen-bond acceptors (Lipinski definition) is 3. The van der Waals surface area contributed by atoms with Crippen LogP contribution < -0.4 is 20.3 Å². The molecule has 0 spiro atoms. The van der Waals surface area contributed by atoms with Gasteiger partial charge >= 0.3 is 6.03 Å². The maximum atomic E-state index is 13.6. The molecule has 0 saturated carbocycles. The molecule has 1 rings (SSSR count). The number of halogens is 1. The Morgan fingerprint density at radius 3 is 2.62 bits per heavy atom. The maximum absolute atomic E-state index is 13.6. The fourth-order valence-electron chi connectivity index (χ4n) is 1.80. The molecule has 1 aromatic rings. The summed E-state index contributed by atoms with van der Waals surface area (Å²) >= 11 is 0. The predicted molar refractivity (Wildman–Crippen MR) is 75.6 cm³/mol. The van der Waals surface area contributed by atoms with Crippen LogP contribution in [0.25, 0.3) is 0 Å². The number of carbonyl (C=O) groups is 2. The third kappa shape index (κ3) is 4.71. The summed E-state index contributed by atoms with van der Waals surface area (Å²) in [7, 11) is 4.64. The molecule has 0 aliphatic heterocycles. The number of quaternary nitrogens is 1. The number of amides is 3. The summed E-state index contributed by atoms with van der Waals surface area (Å²) in [6.07, 6.45) is 0. The van der Waals surface area contributed by atoms with Crippen LogP contribution in [0.4, 0.5) is 9.18 Å². The summed E-state index contributed by atoms with van der Waals surface area (Å²) in [4.78, 5) is 23.8. The number of nitrogens with one attached hydrogen (secondary N) is 3. The zero-order valence-electron chi connectivity index (χ0n) is 12.6. The van der Waals surface area contributed by atoms with Crippen LogP contribution >= 0.6 is 0 Å². The first-order chi connectivity index (χ1) is 9.88. The zero-order valence-corrected chi connectivity index (χ0v) is 12.6. The van der Waals surface area contributed by atoms with E-state index in [1.165, 1.54) is 20.2 Å². The van der Waals surface area contributed by atoms with Crippen LogP contribution in [-0.4, -0.2) is 39.2 Å². The van der Waals surface area contributed by atoms with Crippen molar-refractivity contribution in [1.29, 1.82) is 0 Å². The number of carbonyl (C=O) groups excluding carboxylic acids is 2. The van der Waals surface area contributed by atoms with Crippen LogP contribution in [0.15, 0.2) is 18.2 Å². The molecule has 0 radical (unpaired) electrons. The molecule has 0 saturated heterocycles. The molecule has 0 aliphatic rings. The Bertz CT molecular complexity index is 522. The first kappa shape index (κ1) is 16.9. The van der Waals surface area contributed by atoms with Crippen LogP contribution in [0.3, 0.4) is 0 Å². The molecule has 0 aliphatic carbocycles. The molecule has 1 aromatic carbocycles. The quantitative estimate of drug-likeness (QED) is 0.698. The number of hydrogen-bond donors (Lipinski definition) is 3. The number of benzene rings is 1. The third-order valence-electron chi connectivity index (χ3n) is 3.30. The summed E-state index contributed by atoms with van der Waals surface area (Å²) in [5.41, 5.74) is 0.741. The van der Waals surface area contributed by atoms with Gasteiger partial charge in [-0.3, -0.25) is 10.1 Å². The van der Waals surface area contributed by atoms with E-state index < -0.39 is 17.9 Å². The van der Waals surface area contributed by atoms with Gasteiger partial charge in [-0.1, -0.05) is 0 Å². The molecule has 1 unspecified atom stereocenters. The second-order valence-corrected chi connectivity index (χ2v) is 4.78. The summed E-state index contributed by atoms with van der Waals surface area (Å²) in [6, 6.07) is 3.68. The molecule has 0 fully saturated rings. The van der Waals surface area contributed by atoms with Crippen molar-refractivity contribution in [2.45, 2.75) is 19.5 Å². The summed E-state index contributed by atoms with van der Waals surface area (Å²) in [5, 5.41) is 4.54. The summed E-state index contributed by atoms with van der Waals surface area (Å²) in [6.45, 7) is 2.15. The fraction of sp³-hybridized carbons (Fsp3) is 0.429. The average Bonchev–Trinajstić information content (AvgIpc) is 2.46. The van der Waals surface area contributed by atoms with Crippen LogP contribution in [0.2, 0.25) is 0 Å². The lowest BCUT2D eigenvalue weighted by atomic mass is 10.1. The van der Waals surface area contributed by atoms with Gasteiger partial charge in [0.2, 0.25) is 0 Å². The van der Waals surface area contributed by atoms with Crippen molar-refractivity contribution in [3.63, 3.8) is 0 Å². The van der Waals surface area contributed by atoms with Gasteiger partial charge < -0.3 is 15.0 Å². The van der Waals surface area contributed by atoms with Gasteiger partial charge in [-0.05, 0) is 25.1 Å². The largest absolute Gasteiger partial charge is 0.494 e. The first-order valence-corrected chi connectivity index (χ1v) is 6.56. The number of methoxy groups -OCH3 is 1. The molecule has 21 heavy (non-hydrogen) atoms. The average molecular weight is 298 g/mol. The van der Waals surface area contributed by atoms with Crippen LogP contribution in [0.5, 0.6) is 5.75 Å². The number of urea groups is 1. The van der Waals surface area contributed by atoms with Crippen molar-refractivity contribution in [3.8, 4) is 5.75 Å². The maximum Gasteiger partial charge on any atom is 0.321 e. The standard InChI is InChI=1S/C14H20FN3O3/c1-9(13(19)17-14(20)16-2)18(3)8-10-5-6-12(21-4)11(15)7-10/h5-7,9H,8H2,1-4H3,(H2,16,17,19,20)/p+1/t9-/m1/s1. The van der Waals surface area contributed by atoms with Crippen LogP contribution in [0.1, 0.15) is 12.5 Å². The van der Waals surface area contributed by atoms with Crippen molar-refractivity contribution >= 4 is 11.9 Å². The number of rotatable bonds is 5. The smallest absolute Gasteiger partial charge is 0.321 e. The number of likely N-dealkylation sites (N-methyl/N-ethyl adjacent to an activating group) is 1. The number of imide groups is 1. The Hall–Kier alpha value is -2.15. The minimum Gasteiger partial charge on any atom is -0.494 e. The molecule has 0 heterocycles. The van der Waals surface area contributed by atoms with E-state index in [9.17, 15) is 14.0 Å². The minimum atomic E-state index is -0.546. The Labute approximate surface area is 123 Å². The Kier molecular flexibility index (Phi) is 6.10. The summed E-state index contributed by atoms with van der Waals surface area (Å²) < 4.78 is 18.5. The monoisotopic (exact) mass is 298 g/mol. The highest BCUT2D eigenvalue weighted by atomic mass is 19.1. The van der Waals surface area contributed by atoms with E-state index in [2.05, 4.69) is 10.6 Å². The van der Waals surface area contributed by atoms with Crippen molar-refractivity contribution in [1.82, 2.24) is 10.6 Å². The third-order valence-corrected chi connectivity index (χ3v) is 3.30. The first-order valence-electron chi connectivity index (χ1n) is 6.56. The molecule has 116 valence electrons. The minimum absolute atomic E-state index is 0.182. The lowest BCUT2D eigenvalue weighted by Crippen LogP contribution is -3.12. The van der Waals surface area contributed by atoms with Crippen molar-refractivity contribution in [2.24, 2.45) is 0 Å². The van der Waals surface area contributed by atoms with Gasteiger partial charge in [0.05, 0.1) is 14.2 Å². The van der Waals surface area contributed by atoms with Gasteiger partial charge in [0.25, 0.3) is 5.91 Å². The van der Waals surface area contributed by atoms with Gasteiger partial charge in [-0.2, -0.15) is 0 Å².